The Balaban J connectivity index is 3.32. The summed E-state index contributed by atoms with van der Waals surface area (Å²) in [6, 6.07) is 2.69. The van der Waals surface area contributed by atoms with Crippen LogP contribution in [0.15, 0.2) is 12.1 Å². The number of anilines is 1. The molecular formula is C9H11NO4. The van der Waals surface area contributed by atoms with E-state index in [0.717, 1.165) is 0 Å². The van der Waals surface area contributed by atoms with E-state index in [2.05, 4.69) is 0 Å². The summed E-state index contributed by atoms with van der Waals surface area (Å²) in [5, 5.41) is 8.76. The highest BCUT2D eigenvalue weighted by atomic mass is 16.5. The second kappa shape index (κ2) is 3.87. The smallest absolute Gasteiger partial charge is 0.335 e. The molecule has 0 aliphatic heterocycles. The van der Waals surface area contributed by atoms with Crippen molar-refractivity contribution >= 4 is 11.7 Å². The average Bonchev–Trinajstić information content (AvgIpc) is 2.17. The van der Waals surface area contributed by atoms with Gasteiger partial charge in [0.1, 0.15) is 17.2 Å². The first kappa shape index (κ1) is 10.2. The van der Waals surface area contributed by atoms with Crippen LogP contribution >= 0.6 is 0 Å². The highest BCUT2D eigenvalue weighted by molar-refractivity contribution is 5.90. The topological polar surface area (TPSA) is 81.8 Å². The van der Waals surface area contributed by atoms with Gasteiger partial charge in [-0.15, -0.1) is 0 Å². The first-order chi connectivity index (χ1) is 6.60. The molecule has 0 aliphatic carbocycles. The lowest BCUT2D eigenvalue weighted by atomic mass is 10.1. The van der Waals surface area contributed by atoms with Crippen LogP contribution in [0.25, 0.3) is 0 Å². The zero-order chi connectivity index (χ0) is 10.7. The minimum absolute atomic E-state index is 0.0768. The minimum atomic E-state index is -1.05. The Kier molecular flexibility index (Phi) is 2.81. The number of rotatable bonds is 3. The van der Waals surface area contributed by atoms with Gasteiger partial charge in [0.15, 0.2) is 0 Å². The van der Waals surface area contributed by atoms with Crippen LogP contribution in [0.1, 0.15) is 10.4 Å². The number of nitrogens with two attached hydrogens (primary N) is 1. The van der Waals surface area contributed by atoms with Gasteiger partial charge in [-0.3, -0.25) is 0 Å². The Bertz CT molecular complexity index is 337. The molecular weight excluding hydrogens is 186 g/mol. The summed E-state index contributed by atoms with van der Waals surface area (Å²) in [4.78, 5) is 10.7. The number of carbonyl (C=O) groups is 1. The van der Waals surface area contributed by atoms with Crippen molar-refractivity contribution in [1.82, 2.24) is 0 Å². The second-order valence-electron chi connectivity index (χ2n) is 2.60. The van der Waals surface area contributed by atoms with Gasteiger partial charge < -0.3 is 20.3 Å². The normalized spacial score (nSPS) is 9.57. The molecule has 14 heavy (non-hydrogen) atoms. The Morgan fingerprint density at radius 1 is 1.29 bits per heavy atom. The van der Waals surface area contributed by atoms with E-state index in [1.807, 2.05) is 0 Å². The van der Waals surface area contributed by atoms with Gasteiger partial charge in [-0.1, -0.05) is 0 Å². The van der Waals surface area contributed by atoms with Gasteiger partial charge in [-0.2, -0.15) is 0 Å². The molecule has 3 N–H and O–H groups in total. The summed E-state index contributed by atoms with van der Waals surface area (Å²) in [7, 11) is 2.83. The largest absolute Gasteiger partial charge is 0.494 e. The van der Waals surface area contributed by atoms with Crippen molar-refractivity contribution in [2.75, 3.05) is 20.0 Å². The van der Waals surface area contributed by atoms with E-state index in [9.17, 15) is 4.79 Å². The molecule has 0 radical (unpaired) electrons. The van der Waals surface area contributed by atoms with Gasteiger partial charge in [-0.05, 0) is 12.1 Å². The SMILES string of the molecule is COc1cc(C(=O)O)cc(OC)c1N. The van der Waals surface area contributed by atoms with E-state index in [1.54, 1.807) is 0 Å². The molecule has 0 heterocycles. The Labute approximate surface area is 81.0 Å². The van der Waals surface area contributed by atoms with Crippen LogP contribution in [0, 0.1) is 0 Å². The van der Waals surface area contributed by atoms with Gasteiger partial charge in [0.2, 0.25) is 0 Å². The van der Waals surface area contributed by atoms with Crippen LogP contribution in [0.4, 0.5) is 5.69 Å². The number of ether oxygens (including phenoxy) is 2. The van der Waals surface area contributed by atoms with E-state index in [4.69, 9.17) is 20.3 Å². The van der Waals surface area contributed by atoms with Gasteiger partial charge in [0, 0.05) is 0 Å². The zero-order valence-corrected chi connectivity index (χ0v) is 7.90. The first-order valence-electron chi connectivity index (χ1n) is 3.85. The fourth-order valence-corrected chi connectivity index (χ4v) is 1.06. The third-order valence-electron chi connectivity index (χ3n) is 1.79. The third kappa shape index (κ3) is 1.71. The van der Waals surface area contributed by atoms with Crippen molar-refractivity contribution in [3.63, 3.8) is 0 Å². The maximum atomic E-state index is 10.7. The molecule has 5 heteroatoms. The van der Waals surface area contributed by atoms with Crippen LogP contribution in [-0.4, -0.2) is 25.3 Å². The third-order valence-corrected chi connectivity index (χ3v) is 1.79. The van der Waals surface area contributed by atoms with E-state index in [1.165, 1.54) is 26.4 Å². The number of hydrogen-bond donors (Lipinski definition) is 2. The highest BCUT2D eigenvalue weighted by Crippen LogP contribution is 2.32. The van der Waals surface area contributed by atoms with Crippen molar-refractivity contribution in [3.8, 4) is 11.5 Å². The molecule has 76 valence electrons. The molecule has 0 unspecified atom stereocenters. The summed E-state index contributed by atoms with van der Waals surface area (Å²) in [6.45, 7) is 0. The first-order valence-corrected chi connectivity index (χ1v) is 3.85. The average molecular weight is 197 g/mol. The predicted octanol–water partition coefficient (Wildman–Crippen LogP) is 0.984. The number of nitrogen functional groups attached to an aromatic ring is 1. The molecule has 0 saturated carbocycles. The lowest BCUT2D eigenvalue weighted by Crippen LogP contribution is -2.02. The second-order valence-corrected chi connectivity index (χ2v) is 2.60. The van der Waals surface area contributed by atoms with Crippen molar-refractivity contribution in [2.45, 2.75) is 0 Å². The highest BCUT2D eigenvalue weighted by Gasteiger charge is 2.12. The van der Waals surface area contributed by atoms with Gasteiger partial charge in [0.25, 0.3) is 0 Å². The molecule has 5 nitrogen and oxygen atoms in total. The van der Waals surface area contributed by atoms with E-state index >= 15 is 0 Å². The van der Waals surface area contributed by atoms with Crippen LogP contribution in [0.5, 0.6) is 11.5 Å². The van der Waals surface area contributed by atoms with E-state index in [0.29, 0.717) is 17.2 Å². The maximum absolute atomic E-state index is 10.7. The summed E-state index contributed by atoms with van der Waals surface area (Å²) < 4.78 is 9.82. The standard InChI is InChI=1S/C9H11NO4/c1-13-6-3-5(9(11)12)4-7(14-2)8(6)10/h3-4H,10H2,1-2H3,(H,11,12). The molecule has 1 aromatic rings. The number of carboxylic acids is 1. The fraction of sp³-hybridized carbons (Fsp3) is 0.222. The lowest BCUT2D eigenvalue weighted by molar-refractivity contribution is 0.0696. The fourth-order valence-electron chi connectivity index (χ4n) is 1.06. The van der Waals surface area contributed by atoms with Gasteiger partial charge >= 0.3 is 5.97 Å². The Hall–Kier alpha value is -1.91. The van der Waals surface area contributed by atoms with Crippen molar-refractivity contribution < 1.29 is 19.4 Å². The van der Waals surface area contributed by atoms with E-state index < -0.39 is 5.97 Å². The number of benzene rings is 1. The molecule has 0 fully saturated rings. The van der Waals surface area contributed by atoms with E-state index in [-0.39, 0.29) is 5.56 Å². The van der Waals surface area contributed by atoms with Crippen LogP contribution in [0.3, 0.4) is 0 Å². The summed E-state index contributed by atoms with van der Waals surface area (Å²) >= 11 is 0. The lowest BCUT2D eigenvalue weighted by Gasteiger charge is -2.10. The van der Waals surface area contributed by atoms with Gasteiger partial charge in [0.05, 0.1) is 19.8 Å². The van der Waals surface area contributed by atoms with Crippen molar-refractivity contribution in [2.24, 2.45) is 0 Å². The maximum Gasteiger partial charge on any atom is 0.335 e. The number of aromatic carboxylic acids is 1. The summed E-state index contributed by atoms with van der Waals surface area (Å²) in [5.74, 6) is -0.467. The molecule has 0 atom stereocenters. The van der Waals surface area contributed by atoms with Crippen molar-refractivity contribution in [1.29, 1.82) is 0 Å². The number of methoxy groups -OCH3 is 2. The minimum Gasteiger partial charge on any atom is -0.494 e. The summed E-state index contributed by atoms with van der Waals surface area (Å²) in [6.07, 6.45) is 0. The van der Waals surface area contributed by atoms with Crippen LogP contribution in [0.2, 0.25) is 0 Å². The molecule has 1 aromatic carbocycles. The molecule has 0 aromatic heterocycles. The Morgan fingerprint density at radius 3 is 2.00 bits per heavy atom. The van der Waals surface area contributed by atoms with Crippen molar-refractivity contribution in [3.05, 3.63) is 17.7 Å². The monoisotopic (exact) mass is 197 g/mol. The quantitative estimate of drug-likeness (QED) is 0.706. The van der Waals surface area contributed by atoms with Gasteiger partial charge in [-0.25, -0.2) is 4.79 Å². The van der Waals surface area contributed by atoms with Crippen LogP contribution in [-0.2, 0) is 0 Å². The molecule has 0 saturated heterocycles. The molecule has 0 amide bonds. The number of carboxylic acid groups (broad SMARTS) is 1. The Morgan fingerprint density at radius 2 is 1.71 bits per heavy atom. The zero-order valence-electron chi connectivity index (χ0n) is 7.90. The molecule has 0 aliphatic rings. The van der Waals surface area contributed by atoms with Crippen LogP contribution < -0.4 is 15.2 Å². The molecule has 0 bridgehead atoms. The predicted molar refractivity (Wildman–Crippen MR) is 50.9 cm³/mol. The molecule has 0 spiro atoms. The molecule has 1 rings (SSSR count). The number of hydrogen-bond acceptors (Lipinski definition) is 4. The summed E-state index contributed by atoms with van der Waals surface area (Å²) in [5.41, 5.74) is 6.00.